The number of ether oxygens (including phenoxy) is 5. The molecule has 2 N–H and O–H groups in total. The van der Waals surface area contributed by atoms with Gasteiger partial charge in [0.25, 0.3) is 0 Å². The number of nitrogens with zero attached hydrogens (tertiary/aromatic N) is 4. The Kier molecular flexibility index (Phi) is 14.0. The van der Waals surface area contributed by atoms with Crippen molar-refractivity contribution < 1.29 is 43.5 Å². The summed E-state index contributed by atoms with van der Waals surface area (Å²) in [4.78, 5) is 23.9. The van der Waals surface area contributed by atoms with Crippen molar-refractivity contribution in [3.05, 3.63) is 71.4 Å². The first-order valence-corrected chi connectivity index (χ1v) is 12.8. The van der Waals surface area contributed by atoms with Crippen molar-refractivity contribution in [1.29, 1.82) is 0 Å². The van der Waals surface area contributed by atoms with Gasteiger partial charge in [0, 0.05) is 0 Å². The van der Waals surface area contributed by atoms with E-state index in [0.29, 0.717) is 22.9 Å². The topological polar surface area (TPSA) is 170 Å². The van der Waals surface area contributed by atoms with Crippen molar-refractivity contribution in [2.45, 2.75) is 27.7 Å². The Morgan fingerprint density at radius 2 is 1.05 bits per heavy atom. The monoisotopic (exact) mass is 570 g/mol. The number of azo groups is 2. The van der Waals surface area contributed by atoms with Crippen LogP contribution in [0.15, 0.2) is 91.9 Å². The molecule has 0 aromatic heterocycles. The van der Waals surface area contributed by atoms with E-state index in [9.17, 15) is 19.8 Å². The third-order valence-corrected chi connectivity index (χ3v) is 4.84. The zero-order chi connectivity index (χ0) is 30.0. The highest BCUT2D eigenvalue weighted by Gasteiger charge is 2.15. The van der Waals surface area contributed by atoms with Crippen LogP contribution in [0.4, 0.5) is 11.4 Å². The number of para-hydroxylation sites is 2. The van der Waals surface area contributed by atoms with E-state index >= 15 is 0 Å². The second-order valence-electron chi connectivity index (χ2n) is 7.95. The van der Waals surface area contributed by atoms with Crippen molar-refractivity contribution in [2.75, 3.05) is 39.6 Å². The molecule has 0 saturated carbocycles. The van der Waals surface area contributed by atoms with Gasteiger partial charge in [-0.3, -0.25) is 0 Å². The van der Waals surface area contributed by atoms with E-state index in [0.717, 1.165) is 0 Å². The van der Waals surface area contributed by atoms with Gasteiger partial charge in [0.2, 0.25) is 11.4 Å². The highest BCUT2D eigenvalue weighted by Crippen LogP contribution is 2.29. The predicted molar refractivity (Wildman–Crippen MR) is 148 cm³/mol. The Morgan fingerprint density at radius 1 is 0.659 bits per heavy atom. The third-order valence-electron chi connectivity index (χ3n) is 4.84. The molecule has 0 unspecified atom stereocenters. The molecule has 0 atom stereocenters. The zero-order valence-corrected chi connectivity index (χ0v) is 23.4. The van der Waals surface area contributed by atoms with E-state index in [1.807, 2.05) is 0 Å². The van der Waals surface area contributed by atoms with Crippen molar-refractivity contribution in [1.82, 2.24) is 0 Å². The maximum absolute atomic E-state index is 11.9. The molecule has 2 aromatic rings. The zero-order valence-electron chi connectivity index (χ0n) is 23.4. The second kappa shape index (κ2) is 17.7. The first kappa shape index (κ1) is 32.4. The van der Waals surface area contributed by atoms with Gasteiger partial charge in [-0.15, -0.1) is 20.5 Å². The number of aliphatic hydroxyl groups excluding tert-OH is 2. The summed E-state index contributed by atoms with van der Waals surface area (Å²) in [6.07, 6.45) is 0. The molecule has 0 amide bonds. The van der Waals surface area contributed by atoms with Gasteiger partial charge in [0.1, 0.15) is 47.6 Å². The van der Waals surface area contributed by atoms with Gasteiger partial charge in [0.05, 0.1) is 26.4 Å². The van der Waals surface area contributed by atoms with Gasteiger partial charge >= 0.3 is 11.9 Å². The van der Waals surface area contributed by atoms with Crippen LogP contribution in [0.2, 0.25) is 0 Å². The van der Waals surface area contributed by atoms with Gasteiger partial charge in [0.15, 0.2) is 0 Å². The van der Waals surface area contributed by atoms with E-state index < -0.39 is 11.9 Å². The summed E-state index contributed by atoms with van der Waals surface area (Å²) in [5.41, 5.74) is 0.101. The normalized spacial score (nSPS) is 12.6. The summed E-state index contributed by atoms with van der Waals surface area (Å²) in [6.45, 7) is 7.05. The smallest absolute Gasteiger partial charge is 0.362 e. The molecule has 0 saturated heterocycles. The highest BCUT2D eigenvalue weighted by molar-refractivity contribution is 5.88. The van der Waals surface area contributed by atoms with E-state index in [1.165, 1.54) is 13.8 Å². The molecule has 13 heteroatoms. The van der Waals surface area contributed by atoms with Crippen LogP contribution >= 0.6 is 0 Å². The molecule has 0 fully saturated rings. The first-order valence-electron chi connectivity index (χ1n) is 12.8. The third kappa shape index (κ3) is 11.1. The average Bonchev–Trinajstić information content (AvgIpc) is 2.94. The summed E-state index contributed by atoms with van der Waals surface area (Å²) >= 11 is 0. The van der Waals surface area contributed by atoms with Crippen LogP contribution in [0, 0.1) is 0 Å². The number of rotatable bonds is 16. The molecule has 220 valence electrons. The number of hydrogen-bond acceptors (Lipinski definition) is 13. The molecule has 0 radical (unpaired) electrons. The summed E-state index contributed by atoms with van der Waals surface area (Å²) in [7, 11) is 0. The maximum Gasteiger partial charge on any atom is 0.362 e. The summed E-state index contributed by atoms with van der Waals surface area (Å²) in [6, 6.07) is 13.6. The fourth-order valence-corrected chi connectivity index (χ4v) is 2.98. The largest absolute Gasteiger partial charge is 0.510 e. The number of esters is 2. The molecule has 2 rings (SSSR count). The van der Waals surface area contributed by atoms with Gasteiger partial charge in [-0.25, -0.2) is 9.59 Å². The Balaban J connectivity index is 1.87. The Bertz CT molecular complexity index is 1180. The van der Waals surface area contributed by atoms with Crippen LogP contribution in [0.25, 0.3) is 0 Å². The van der Waals surface area contributed by atoms with E-state index in [4.69, 9.17) is 23.7 Å². The number of allylic oxidation sites excluding steroid dienone is 2. The first-order chi connectivity index (χ1) is 19.8. The fourth-order valence-electron chi connectivity index (χ4n) is 2.98. The number of aliphatic hydroxyl groups is 2. The van der Waals surface area contributed by atoms with Crippen LogP contribution in [0.5, 0.6) is 11.5 Å². The van der Waals surface area contributed by atoms with Gasteiger partial charge in [-0.2, -0.15) is 0 Å². The lowest BCUT2D eigenvalue weighted by atomic mass is 10.3. The number of carbonyl (C=O) groups excluding carboxylic acids is 2. The van der Waals surface area contributed by atoms with Crippen LogP contribution in [-0.4, -0.2) is 61.8 Å². The highest BCUT2D eigenvalue weighted by atomic mass is 16.5. The van der Waals surface area contributed by atoms with E-state index in [-0.39, 0.29) is 62.6 Å². The van der Waals surface area contributed by atoms with Gasteiger partial charge < -0.3 is 33.9 Å². The van der Waals surface area contributed by atoms with E-state index in [1.54, 1.807) is 62.4 Å². The van der Waals surface area contributed by atoms with Crippen LogP contribution in [-0.2, 0) is 23.8 Å². The van der Waals surface area contributed by atoms with Gasteiger partial charge in [-0.1, -0.05) is 24.3 Å². The lowest BCUT2D eigenvalue weighted by molar-refractivity contribution is -0.139. The number of carbonyl (C=O) groups is 2. The molecule has 0 aliphatic rings. The van der Waals surface area contributed by atoms with Crippen LogP contribution in [0.1, 0.15) is 27.7 Å². The van der Waals surface area contributed by atoms with Crippen LogP contribution < -0.4 is 9.47 Å². The molecule has 0 aliphatic heterocycles. The molecule has 13 nitrogen and oxygen atoms in total. The molecular formula is C28H34N4O9. The van der Waals surface area contributed by atoms with Crippen molar-refractivity contribution in [3.63, 3.8) is 0 Å². The molecule has 0 spiro atoms. The van der Waals surface area contributed by atoms with Gasteiger partial charge in [-0.05, 0) is 52.0 Å². The SMILES string of the molecule is CCOC(=O)/C(N=Nc1ccccc1OCCOCCOc1ccccc1N=N/C(C(=O)OCC)=C(\C)O)=C(\C)O. The average molecular weight is 571 g/mol. The second-order valence-corrected chi connectivity index (χ2v) is 7.95. The van der Waals surface area contributed by atoms with Crippen molar-refractivity contribution in [3.8, 4) is 11.5 Å². The Hall–Kier alpha value is -4.78. The Morgan fingerprint density at radius 3 is 1.41 bits per heavy atom. The number of benzene rings is 2. The van der Waals surface area contributed by atoms with Crippen LogP contribution in [0.3, 0.4) is 0 Å². The molecular weight excluding hydrogens is 536 g/mol. The maximum atomic E-state index is 11.9. The summed E-state index contributed by atoms with van der Waals surface area (Å²) in [5, 5.41) is 35.1. The quantitative estimate of drug-likeness (QED) is 0.0803. The lowest BCUT2D eigenvalue weighted by Crippen LogP contribution is -2.12. The molecule has 2 aromatic carbocycles. The Labute approximate surface area is 237 Å². The molecule has 0 bridgehead atoms. The minimum absolute atomic E-state index is 0.132. The molecule has 0 aliphatic carbocycles. The van der Waals surface area contributed by atoms with Crippen molar-refractivity contribution >= 4 is 23.3 Å². The fraction of sp³-hybridized carbons (Fsp3) is 0.357. The van der Waals surface area contributed by atoms with E-state index in [2.05, 4.69) is 20.5 Å². The molecule has 41 heavy (non-hydrogen) atoms. The molecule has 0 heterocycles. The lowest BCUT2D eigenvalue weighted by Gasteiger charge is -2.10. The minimum atomic E-state index is -0.783. The van der Waals surface area contributed by atoms with Crippen molar-refractivity contribution in [2.24, 2.45) is 20.5 Å². The summed E-state index contributed by atoms with van der Waals surface area (Å²) in [5.74, 6) is -1.38. The summed E-state index contributed by atoms with van der Waals surface area (Å²) < 4.78 is 26.8. The number of hydrogen-bond donors (Lipinski definition) is 2. The minimum Gasteiger partial charge on any atom is -0.510 e. The standard InChI is InChI=1S/C28H34N4O9/c1-5-38-27(35)25(19(3)33)31-29-21-11-7-9-13-23(21)40-17-15-37-16-18-41-24-14-10-8-12-22(24)30-32-26(20(4)34)28(36)39-6-2/h7-14,33-34H,5-6,15-18H2,1-4H3/b25-19-,26-20+,31-29?,32-30?. The predicted octanol–water partition coefficient (Wildman–Crippen LogP) is 6.03.